The molecule has 5 nitrogen and oxygen atoms in total. The predicted octanol–water partition coefficient (Wildman–Crippen LogP) is 3.16. The highest BCUT2D eigenvalue weighted by molar-refractivity contribution is 7.08. The summed E-state index contributed by atoms with van der Waals surface area (Å²) < 4.78 is 5.55. The summed E-state index contributed by atoms with van der Waals surface area (Å²) in [5.74, 6) is -0.132. The van der Waals surface area contributed by atoms with Crippen LogP contribution in [0.25, 0.3) is 22.9 Å². The van der Waals surface area contributed by atoms with Gasteiger partial charge < -0.3 is 9.52 Å². The van der Waals surface area contributed by atoms with Gasteiger partial charge in [-0.1, -0.05) is 0 Å². The molecule has 0 aliphatic carbocycles. The van der Waals surface area contributed by atoms with Crippen LogP contribution in [0.2, 0.25) is 0 Å². The van der Waals surface area contributed by atoms with Gasteiger partial charge in [-0.3, -0.25) is 0 Å². The molecule has 0 amide bonds. The lowest BCUT2D eigenvalue weighted by Crippen LogP contribution is -1.94. The second kappa shape index (κ2) is 4.66. The minimum atomic E-state index is -0.962. The van der Waals surface area contributed by atoms with Gasteiger partial charge in [-0.15, -0.1) is 10.2 Å². The van der Waals surface area contributed by atoms with Crippen LogP contribution in [0.3, 0.4) is 0 Å². The van der Waals surface area contributed by atoms with Crippen molar-refractivity contribution in [2.24, 2.45) is 0 Å². The smallest absolute Gasteiger partial charge is 0.335 e. The predicted molar refractivity (Wildman–Crippen MR) is 70.0 cm³/mol. The zero-order valence-corrected chi connectivity index (χ0v) is 10.4. The van der Waals surface area contributed by atoms with E-state index >= 15 is 0 Å². The van der Waals surface area contributed by atoms with Crippen molar-refractivity contribution in [2.75, 3.05) is 0 Å². The Morgan fingerprint density at radius 3 is 2.32 bits per heavy atom. The number of aromatic nitrogens is 2. The van der Waals surface area contributed by atoms with Crippen LogP contribution < -0.4 is 0 Å². The van der Waals surface area contributed by atoms with Gasteiger partial charge >= 0.3 is 5.97 Å². The summed E-state index contributed by atoms with van der Waals surface area (Å²) in [6.45, 7) is 0. The van der Waals surface area contributed by atoms with Crippen LogP contribution in [0, 0.1) is 0 Å². The van der Waals surface area contributed by atoms with Crippen LogP contribution in [0.5, 0.6) is 0 Å². The monoisotopic (exact) mass is 272 g/mol. The van der Waals surface area contributed by atoms with Crippen molar-refractivity contribution in [1.29, 1.82) is 0 Å². The molecule has 3 rings (SSSR count). The second-order valence-corrected chi connectivity index (χ2v) is 4.59. The summed E-state index contributed by atoms with van der Waals surface area (Å²) >= 11 is 1.55. The van der Waals surface area contributed by atoms with E-state index in [0.717, 1.165) is 5.56 Å². The minimum absolute atomic E-state index is 0.223. The standard InChI is InChI=1S/C13H8N2O3S/c16-13(17)9-3-1-8(2-4-9)11-14-15-12(18-11)10-5-6-19-7-10/h1-7H,(H,16,17). The van der Waals surface area contributed by atoms with Crippen molar-refractivity contribution >= 4 is 17.3 Å². The van der Waals surface area contributed by atoms with E-state index in [1.807, 2.05) is 16.8 Å². The van der Waals surface area contributed by atoms with Crippen LogP contribution in [0.1, 0.15) is 10.4 Å². The van der Waals surface area contributed by atoms with Crippen molar-refractivity contribution in [3.8, 4) is 22.9 Å². The second-order valence-electron chi connectivity index (χ2n) is 3.81. The summed E-state index contributed by atoms with van der Waals surface area (Å²) in [6.07, 6.45) is 0. The molecule has 0 radical (unpaired) electrons. The van der Waals surface area contributed by atoms with Gasteiger partial charge in [0, 0.05) is 16.5 Å². The van der Waals surface area contributed by atoms with E-state index in [-0.39, 0.29) is 5.56 Å². The fourth-order valence-electron chi connectivity index (χ4n) is 1.60. The molecule has 19 heavy (non-hydrogen) atoms. The van der Waals surface area contributed by atoms with Gasteiger partial charge in [0.2, 0.25) is 11.8 Å². The lowest BCUT2D eigenvalue weighted by Gasteiger charge is -1.96. The number of thiophene rings is 1. The van der Waals surface area contributed by atoms with Gasteiger partial charge in [-0.25, -0.2) is 4.79 Å². The Morgan fingerprint density at radius 2 is 1.74 bits per heavy atom. The van der Waals surface area contributed by atoms with Crippen molar-refractivity contribution < 1.29 is 14.3 Å². The third kappa shape index (κ3) is 2.25. The van der Waals surface area contributed by atoms with Crippen LogP contribution in [-0.2, 0) is 0 Å². The molecule has 0 bridgehead atoms. The zero-order chi connectivity index (χ0) is 13.2. The SMILES string of the molecule is O=C(O)c1ccc(-c2nnc(-c3ccsc3)o2)cc1. The molecule has 0 aliphatic heterocycles. The number of nitrogens with zero attached hydrogens (tertiary/aromatic N) is 2. The van der Waals surface area contributed by atoms with E-state index in [2.05, 4.69) is 10.2 Å². The van der Waals surface area contributed by atoms with Crippen LogP contribution in [0.15, 0.2) is 45.5 Å². The van der Waals surface area contributed by atoms with Gasteiger partial charge in [-0.05, 0) is 35.7 Å². The fraction of sp³-hybridized carbons (Fsp3) is 0. The third-order valence-corrected chi connectivity index (χ3v) is 3.26. The number of benzene rings is 1. The first kappa shape index (κ1) is 11.6. The molecule has 0 fully saturated rings. The Balaban J connectivity index is 1.92. The lowest BCUT2D eigenvalue weighted by molar-refractivity contribution is 0.0697. The molecule has 0 unspecified atom stereocenters. The number of carbonyl (C=O) groups is 1. The van der Waals surface area contributed by atoms with Crippen LogP contribution in [0.4, 0.5) is 0 Å². The lowest BCUT2D eigenvalue weighted by atomic mass is 10.1. The van der Waals surface area contributed by atoms with Gasteiger partial charge in [0.1, 0.15) is 0 Å². The number of rotatable bonds is 3. The van der Waals surface area contributed by atoms with Gasteiger partial charge in [0.05, 0.1) is 5.56 Å². The van der Waals surface area contributed by atoms with Crippen LogP contribution >= 0.6 is 11.3 Å². The average molecular weight is 272 g/mol. The molecule has 0 spiro atoms. The number of hydrogen-bond acceptors (Lipinski definition) is 5. The molecule has 1 aromatic carbocycles. The maximum atomic E-state index is 10.8. The zero-order valence-electron chi connectivity index (χ0n) is 9.61. The average Bonchev–Trinajstić information content (AvgIpc) is 3.10. The number of aromatic carboxylic acids is 1. The van der Waals surface area contributed by atoms with Crippen molar-refractivity contribution in [2.45, 2.75) is 0 Å². The van der Waals surface area contributed by atoms with Crippen molar-refractivity contribution in [3.05, 3.63) is 46.7 Å². The first-order valence-corrected chi connectivity index (χ1v) is 6.38. The third-order valence-electron chi connectivity index (χ3n) is 2.57. The molecule has 2 aromatic heterocycles. The highest BCUT2D eigenvalue weighted by atomic mass is 32.1. The highest BCUT2D eigenvalue weighted by Gasteiger charge is 2.11. The van der Waals surface area contributed by atoms with E-state index in [1.165, 1.54) is 12.1 Å². The van der Waals surface area contributed by atoms with E-state index in [4.69, 9.17) is 9.52 Å². The number of hydrogen-bond donors (Lipinski definition) is 1. The summed E-state index contributed by atoms with van der Waals surface area (Å²) in [5.41, 5.74) is 1.80. The van der Waals surface area contributed by atoms with E-state index < -0.39 is 5.97 Å². The summed E-state index contributed by atoms with van der Waals surface area (Å²) in [7, 11) is 0. The molecule has 3 aromatic rings. The Morgan fingerprint density at radius 1 is 1.05 bits per heavy atom. The van der Waals surface area contributed by atoms with Crippen LogP contribution in [-0.4, -0.2) is 21.3 Å². The molecule has 1 N–H and O–H groups in total. The van der Waals surface area contributed by atoms with E-state index in [9.17, 15) is 4.79 Å². The van der Waals surface area contributed by atoms with Crippen molar-refractivity contribution in [1.82, 2.24) is 10.2 Å². The molecular formula is C13H8N2O3S. The van der Waals surface area contributed by atoms with Gasteiger partial charge in [0.25, 0.3) is 0 Å². The van der Waals surface area contributed by atoms with E-state index in [0.29, 0.717) is 17.3 Å². The molecular weight excluding hydrogens is 264 g/mol. The Bertz CT molecular complexity index is 702. The molecule has 2 heterocycles. The van der Waals surface area contributed by atoms with Crippen molar-refractivity contribution in [3.63, 3.8) is 0 Å². The highest BCUT2D eigenvalue weighted by Crippen LogP contribution is 2.25. The number of carboxylic acids is 1. The molecule has 6 heteroatoms. The normalized spacial score (nSPS) is 10.5. The molecule has 0 saturated heterocycles. The minimum Gasteiger partial charge on any atom is -0.478 e. The number of carboxylic acid groups (broad SMARTS) is 1. The Kier molecular flexibility index (Phi) is 2.85. The summed E-state index contributed by atoms with van der Waals surface area (Å²) in [6, 6.07) is 8.20. The topological polar surface area (TPSA) is 76.2 Å². The molecule has 0 aliphatic rings. The molecule has 0 saturated carbocycles. The molecule has 0 atom stereocenters. The fourth-order valence-corrected chi connectivity index (χ4v) is 2.23. The maximum absolute atomic E-state index is 10.8. The Labute approximate surface area is 112 Å². The van der Waals surface area contributed by atoms with Gasteiger partial charge in [0.15, 0.2) is 0 Å². The Hall–Kier alpha value is -2.47. The molecule has 94 valence electrons. The summed E-state index contributed by atoms with van der Waals surface area (Å²) in [4.78, 5) is 10.8. The van der Waals surface area contributed by atoms with E-state index in [1.54, 1.807) is 23.5 Å². The first-order valence-electron chi connectivity index (χ1n) is 5.44. The summed E-state index contributed by atoms with van der Waals surface area (Å²) in [5, 5.41) is 20.6. The maximum Gasteiger partial charge on any atom is 0.335 e. The largest absolute Gasteiger partial charge is 0.478 e. The first-order chi connectivity index (χ1) is 9.24. The van der Waals surface area contributed by atoms with Gasteiger partial charge in [-0.2, -0.15) is 11.3 Å². The quantitative estimate of drug-likeness (QED) is 0.792.